The van der Waals surface area contributed by atoms with Crippen molar-refractivity contribution in [3.63, 3.8) is 0 Å². The van der Waals surface area contributed by atoms with Gasteiger partial charge in [0, 0.05) is 12.0 Å². The Hall–Kier alpha value is -2.85. The van der Waals surface area contributed by atoms with Gasteiger partial charge in [0.2, 0.25) is 0 Å². The van der Waals surface area contributed by atoms with Crippen LogP contribution in [0.3, 0.4) is 0 Å². The van der Waals surface area contributed by atoms with Crippen LogP contribution in [-0.4, -0.2) is 58.2 Å². The molecule has 1 aliphatic rings. The fourth-order valence-electron chi connectivity index (χ4n) is 2.71. The quantitative estimate of drug-likeness (QED) is 0.601. The predicted octanol–water partition coefficient (Wildman–Crippen LogP) is 2.78. The minimum atomic E-state index is -4.61. The molecule has 0 aromatic heterocycles. The number of fused-ring (bicyclic) bond motifs is 1. The maximum atomic E-state index is 12.6. The van der Waals surface area contributed by atoms with Crippen molar-refractivity contribution in [2.75, 3.05) is 6.61 Å². The van der Waals surface area contributed by atoms with Crippen molar-refractivity contribution in [1.82, 2.24) is 0 Å². The molecule has 0 saturated heterocycles. The van der Waals surface area contributed by atoms with Crippen LogP contribution in [-0.2, 0) is 9.53 Å². The number of benzene rings is 1. The van der Waals surface area contributed by atoms with Gasteiger partial charge in [-0.05, 0) is 31.1 Å². The SMILES string of the molecule is C[C@@H]1/C=C\C(=O)[C@@H](O)[C@@H](O)C/C=C/c2cc(OCC(F)(F)F)cc(O)c2C(=O)O[C@H]1C. The first kappa shape index (κ1) is 24.4. The minimum absolute atomic E-state index is 0.0253. The molecule has 2 rings (SSSR count). The first-order valence-corrected chi connectivity index (χ1v) is 9.41. The van der Waals surface area contributed by atoms with Crippen LogP contribution in [0.15, 0.2) is 30.4 Å². The van der Waals surface area contributed by atoms with Gasteiger partial charge in [0.05, 0.1) is 6.10 Å². The number of esters is 1. The fraction of sp³-hybridized carbons (Fsp3) is 0.429. The average Bonchev–Trinajstić information content (AvgIpc) is 2.67. The number of cyclic esters (lactones) is 1. The summed E-state index contributed by atoms with van der Waals surface area (Å²) in [5.41, 5.74) is -0.329. The summed E-state index contributed by atoms with van der Waals surface area (Å²) in [4.78, 5) is 24.6. The summed E-state index contributed by atoms with van der Waals surface area (Å²) in [6.45, 7) is 1.58. The molecule has 0 spiro atoms. The number of hydrogen-bond acceptors (Lipinski definition) is 7. The highest BCUT2D eigenvalue weighted by atomic mass is 19.4. The summed E-state index contributed by atoms with van der Waals surface area (Å²) in [5, 5.41) is 30.2. The molecule has 3 N–H and O–H groups in total. The summed E-state index contributed by atoms with van der Waals surface area (Å²) in [5.74, 6) is -3.12. The molecule has 1 heterocycles. The molecule has 0 amide bonds. The summed E-state index contributed by atoms with van der Waals surface area (Å²) >= 11 is 0. The Labute approximate surface area is 176 Å². The Morgan fingerprint density at radius 1 is 1.16 bits per heavy atom. The zero-order chi connectivity index (χ0) is 23.3. The Balaban J connectivity index is 2.47. The first-order chi connectivity index (χ1) is 14.4. The zero-order valence-corrected chi connectivity index (χ0v) is 16.8. The van der Waals surface area contributed by atoms with E-state index in [0.29, 0.717) is 0 Å². The van der Waals surface area contributed by atoms with E-state index in [1.807, 2.05) is 0 Å². The molecule has 0 fully saturated rings. The van der Waals surface area contributed by atoms with Crippen molar-refractivity contribution in [1.29, 1.82) is 0 Å². The van der Waals surface area contributed by atoms with Gasteiger partial charge in [-0.3, -0.25) is 4.79 Å². The topological polar surface area (TPSA) is 113 Å². The van der Waals surface area contributed by atoms with E-state index < -0.39 is 54.5 Å². The van der Waals surface area contributed by atoms with Crippen LogP contribution in [0.2, 0.25) is 0 Å². The lowest BCUT2D eigenvalue weighted by Gasteiger charge is -2.20. The number of ketones is 1. The molecule has 170 valence electrons. The molecule has 0 bridgehead atoms. The van der Waals surface area contributed by atoms with Gasteiger partial charge in [-0.15, -0.1) is 0 Å². The maximum absolute atomic E-state index is 12.6. The van der Waals surface area contributed by atoms with Gasteiger partial charge in [0.25, 0.3) is 0 Å². The summed E-state index contributed by atoms with van der Waals surface area (Å²) in [6.07, 6.45) is -3.69. The maximum Gasteiger partial charge on any atom is 0.422 e. The Morgan fingerprint density at radius 3 is 2.48 bits per heavy atom. The predicted molar refractivity (Wildman–Crippen MR) is 104 cm³/mol. The van der Waals surface area contributed by atoms with E-state index >= 15 is 0 Å². The van der Waals surface area contributed by atoms with Gasteiger partial charge in [-0.2, -0.15) is 13.2 Å². The van der Waals surface area contributed by atoms with Crippen molar-refractivity contribution in [3.8, 4) is 11.5 Å². The van der Waals surface area contributed by atoms with E-state index in [4.69, 9.17) is 4.74 Å². The molecule has 0 radical (unpaired) electrons. The van der Waals surface area contributed by atoms with Gasteiger partial charge in [-0.25, -0.2) is 4.79 Å². The van der Waals surface area contributed by atoms with Crippen LogP contribution in [0.25, 0.3) is 6.08 Å². The van der Waals surface area contributed by atoms with E-state index in [2.05, 4.69) is 4.74 Å². The number of carbonyl (C=O) groups is 2. The number of alkyl halides is 3. The molecular weight excluding hydrogens is 421 g/mol. The van der Waals surface area contributed by atoms with Crippen LogP contribution in [0.4, 0.5) is 13.2 Å². The molecule has 0 unspecified atom stereocenters. The molecule has 7 nitrogen and oxygen atoms in total. The Kier molecular flexibility index (Phi) is 7.85. The number of halogens is 3. The average molecular weight is 444 g/mol. The van der Waals surface area contributed by atoms with E-state index in [1.54, 1.807) is 13.8 Å². The molecule has 4 atom stereocenters. The van der Waals surface area contributed by atoms with Crippen LogP contribution in [0.1, 0.15) is 36.2 Å². The van der Waals surface area contributed by atoms with Gasteiger partial charge in [0.15, 0.2) is 12.4 Å². The molecule has 0 saturated carbocycles. The van der Waals surface area contributed by atoms with E-state index in [-0.39, 0.29) is 23.3 Å². The number of ether oxygens (including phenoxy) is 2. The smallest absolute Gasteiger partial charge is 0.422 e. The number of aliphatic hydroxyl groups excluding tert-OH is 2. The molecule has 0 aliphatic carbocycles. The number of aliphatic hydroxyl groups is 2. The summed E-state index contributed by atoms with van der Waals surface area (Å²) < 4.78 is 47.3. The second-order valence-electron chi connectivity index (χ2n) is 7.19. The first-order valence-electron chi connectivity index (χ1n) is 9.41. The second-order valence-corrected chi connectivity index (χ2v) is 7.19. The number of aromatic hydroxyl groups is 1. The zero-order valence-electron chi connectivity index (χ0n) is 16.8. The highest BCUT2D eigenvalue weighted by molar-refractivity contribution is 5.97. The van der Waals surface area contributed by atoms with Gasteiger partial charge >= 0.3 is 12.1 Å². The van der Waals surface area contributed by atoms with Crippen LogP contribution >= 0.6 is 0 Å². The lowest BCUT2D eigenvalue weighted by molar-refractivity contribution is -0.153. The number of phenolic OH excluding ortho intramolecular Hbond substituents is 1. The molecule has 1 aromatic rings. The van der Waals surface area contributed by atoms with Crippen molar-refractivity contribution in [2.24, 2.45) is 5.92 Å². The lowest BCUT2D eigenvalue weighted by Crippen LogP contribution is -2.32. The third-order valence-electron chi connectivity index (χ3n) is 4.66. The highest BCUT2D eigenvalue weighted by Gasteiger charge is 2.29. The Bertz CT molecular complexity index is 876. The van der Waals surface area contributed by atoms with Crippen LogP contribution in [0.5, 0.6) is 11.5 Å². The normalized spacial score (nSPS) is 27.6. The number of rotatable bonds is 2. The van der Waals surface area contributed by atoms with Crippen LogP contribution in [0, 0.1) is 5.92 Å². The molecule has 1 aliphatic heterocycles. The molecule has 31 heavy (non-hydrogen) atoms. The van der Waals surface area contributed by atoms with Crippen molar-refractivity contribution < 1.29 is 47.6 Å². The lowest BCUT2D eigenvalue weighted by atomic mass is 9.99. The fourth-order valence-corrected chi connectivity index (χ4v) is 2.71. The molecule has 1 aromatic carbocycles. The van der Waals surface area contributed by atoms with Crippen molar-refractivity contribution in [3.05, 3.63) is 41.5 Å². The molecular formula is C21H23F3O7. The third-order valence-corrected chi connectivity index (χ3v) is 4.66. The monoisotopic (exact) mass is 444 g/mol. The van der Waals surface area contributed by atoms with E-state index in [0.717, 1.165) is 18.2 Å². The van der Waals surface area contributed by atoms with Crippen LogP contribution < -0.4 is 4.74 Å². The van der Waals surface area contributed by atoms with Gasteiger partial charge in [-0.1, -0.05) is 25.2 Å². The largest absolute Gasteiger partial charge is 0.507 e. The molecule has 10 heteroatoms. The number of phenols is 1. The van der Waals surface area contributed by atoms with Crippen molar-refractivity contribution >= 4 is 17.8 Å². The summed E-state index contributed by atoms with van der Waals surface area (Å²) in [6, 6.07) is 1.97. The van der Waals surface area contributed by atoms with E-state index in [1.165, 1.54) is 18.2 Å². The van der Waals surface area contributed by atoms with Crippen molar-refractivity contribution in [2.45, 2.75) is 44.8 Å². The Morgan fingerprint density at radius 2 is 1.84 bits per heavy atom. The minimum Gasteiger partial charge on any atom is -0.507 e. The second kappa shape index (κ2) is 9.97. The number of hydrogen-bond donors (Lipinski definition) is 3. The third kappa shape index (κ3) is 6.83. The summed E-state index contributed by atoms with van der Waals surface area (Å²) in [7, 11) is 0. The highest BCUT2D eigenvalue weighted by Crippen LogP contribution is 2.31. The van der Waals surface area contributed by atoms with Gasteiger partial charge in [0.1, 0.15) is 29.3 Å². The standard InChI is InChI=1S/C21H23F3O7/c1-11-6-7-16(26)19(28)15(25)5-3-4-13-8-14(30-10-21(22,23)24)9-17(27)18(13)20(29)31-12(11)2/h3-4,6-9,11-12,15,19,25,27-28H,5,10H2,1-2H3/b4-3+,7-6-/t11-,12+,15+,19+/m1/s1. The van der Waals surface area contributed by atoms with Gasteiger partial charge < -0.3 is 24.8 Å². The number of carbonyl (C=O) groups excluding carboxylic acids is 2. The van der Waals surface area contributed by atoms with E-state index in [9.17, 15) is 38.1 Å².